The predicted octanol–water partition coefficient (Wildman–Crippen LogP) is 1.30. The molecule has 1 aromatic rings. The summed E-state index contributed by atoms with van der Waals surface area (Å²) in [5.74, 6) is -2.27. The van der Waals surface area contributed by atoms with E-state index < -0.39 is 17.8 Å². The maximum Gasteiger partial charge on any atom is 0.305 e. The van der Waals surface area contributed by atoms with E-state index in [1.165, 1.54) is 23.2 Å². The van der Waals surface area contributed by atoms with Crippen LogP contribution in [0.3, 0.4) is 0 Å². The first-order valence-corrected chi connectivity index (χ1v) is 5.73. The minimum atomic E-state index is -0.972. The van der Waals surface area contributed by atoms with Gasteiger partial charge in [0.05, 0.1) is 12.0 Å². The molecular weight excluding hydrogens is 239 g/mol. The van der Waals surface area contributed by atoms with Gasteiger partial charge in [0, 0.05) is 18.8 Å². The molecule has 0 atom stereocenters. The zero-order chi connectivity index (χ0) is 13.1. The molecule has 1 N–H and O–H groups in total. The molecule has 0 bridgehead atoms. The first kappa shape index (κ1) is 12.5. The molecule has 1 heterocycles. The van der Waals surface area contributed by atoms with Gasteiger partial charge in [-0.15, -0.1) is 0 Å². The highest BCUT2D eigenvalue weighted by Crippen LogP contribution is 2.28. The van der Waals surface area contributed by atoms with Gasteiger partial charge in [-0.3, -0.25) is 9.59 Å². The Bertz CT molecular complexity index is 474. The lowest BCUT2D eigenvalue weighted by molar-refractivity contribution is -0.137. The molecule has 0 radical (unpaired) electrons. The molecule has 1 amide bonds. The van der Waals surface area contributed by atoms with E-state index in [4.69, 9.17) is 5.11 Å². The molecule has 96 valence electrons. The summed E-state index contributed by atoms with van der Waals surface area (Å²) >= 11 is 0. The van der Waals surface area contributed by atoms with Crippen LogP contribution in [-0.4, -0.2) is 39.5 Å². The van der Waals surface area contributed by atoms with Crippen LogP contribution in [0.15, 0.2) is 18.3 Å². The molecule has 5 nitrogen and oxygen atoms in total. The standard InChI is InChI=1S/C12H13FN2O3/c13-11-9(2-1-6-14-11)12(18)15(8-3-4-8)7-5-10(16)17/h1-2,6,8H,3-5,7H2,(H,16,17). The number of halogens is 1. The highest BCUT2D eigenvalue weighted by molar-refractivity contribution is 5.94. The molecule has 1 saturated carbocycles. The van der Waals surface area contributed by atoms with Gasteiger partial charge in [0.15, 0.2) is 0 Å². The van der Waals surface area contributed by atoms with Gasteiger partial charge in [0.2, 0.25) is 5.95 Å². The maximum atomic E-state index is 13.4. The van der Waals surface area contributed by atoms with Crippen molar-refractivity contribution in [3.05, 3.63) is 29.8 Å². The number of hydrogen-bond donors (Lipinski definition) is 1. The number of aliphatic carboxylic acids is 1. The number of carbonyl (C=O) groups excluding carboxylic acids is 1. The van der Waals surface area contributed by atoms with Gasteiger partial charge in [-0.25, -0.2) is 4.98 Å². The number of aromatic nitrogens is 1. The number of carboxylic acids is 1. The first-order chi connectivity index (χ1) is 8.59. The van der Waals surface area contributed by atoms with E-state index in [0.717, 1.165) is 12.8 Å². The van der Waals surface area contributed by atoms with Crippen LogP contribution >= 0.6 is 0 Å². The number of rotatable bonds is 5. The molecule has 1 fully saturated rings. The van der Waals surface area contributed by atoms with Crippen molar-refractivity contribution in [3.8, 4) is 0 Å². The van der Waals surface area contributed by atoms with Gasteiger partial charge in [0.1, 0.15) is 0 Å². The lowest BCUT2D eigenvalue weighted by atomic mass is 10.2. The van der Waals surface area contributed by atoms with Crippen LogP contribution < -0.4 is 0 Å². The molecule has 0 spiro atoms. The monoisotopic (exact) mass is 252 g/mol. The van der Waals surface area contributed by atoms with Crippen LogP contribution in [0.5, 0.6) is 0 Å². The summed E-state index contributed by atoms with van der Waals surface area (Å²) in [4.78, 5) is 27.5. The normalized spacial score (nSPS) is 14.3. The number of pyridine rings is 1. The van der Waals surface area contributed by atoms with Crippen LogP contribution in [0.4, 0.5) is 4.39 Å². The molecular formula is C12H13FN2O3. The van der Waals surface area contributed by atoms with E-state index in [-0.39, 0.29) is 24.6 Å². The molecule has 1 aliphatic rings. The van der Waals surface area contributed by atoms with Crippen molar-refractivity contribution in [2.24, 2.45) is 0 Å². The van der Waals surface area contributed by atoms with E-state index >= 15 is 0 Å². The van der Waals surface area contributed by atoms with Crippen LogP contribution in [0, 0.1) is 5.95 Å². The number of carboxylic acid groups (broad SMARTS) is 1. The Morgan fingerprint density at radius 3 is 2.78 bits per heavy atom. The number of amides is 1. The molecule has 0 aromatic carbocycles. The summed E-state index contributed by atoms with van der Waals surface area (Å²) < 4.78 is 13.4. The average molecular weight is 252 g/mol. The summed E-state index contributed by atoms with van der Waals surface area (Å²) in [5, 5.41) is 8.65. The van der Waals surface area contributed by atoms with Crippen molar-refractivity contribution in [2.75, 3.05) is 6.54 Å². The zero-order valence-electron chi connectivity index (χ0n) is 9.67. The molecule has 0 saturated heterocycles. The fraction of sp³-hybridized carbons (Fsp3) is 0.417. The molecule has 1 aromatic heterocycles. The number of nitrogens with zero attached hydrogens (tertiary/aromatic N) is 2. The SMILES string of the molecule is O=C(O)CCN(C(=O)c1cccnc1F)C1CC1. The summed E-state index contributed by atoms with van der Waals surface area (Å²) in [6.07, 6.45) is 2.81. The van der Waals surface area contributed by atoms with Crippen molar-refractivity contribution < 1.29 is 19.1 Å². The minimum absolute atomic E-state index is 0.0384. The summed E-state index contributed by atoms with van der Waals surface area (Å²) in [7, 11) is 0. The highest BCUT2D eigenvalue weighted by atomic mass is 19.1. The van der Waals surface area contributed by atoms with Crippen molar-refractivity contribution in [2.45, 2.75) is 25.3 Å². The third kappa shape index (κ3) is 2.82. The van der Waals surface area contributed by atoms with Crippen LogP contribution in [0.25, 0.3) is 0 Å². The van der Waals surface area contributed by atoms with E-state index in [9.17, 15) is 14.0 Å². The van der Waals surface area contributed by atoms with Gasteiger partial charge in [0.25, 0.3) is 5.91 Å². The Hall–Kier alpha value is -1.98. The largest absolute Gasteiger partial charge is 0.481 e. The van der Waals surface area contributed by atoms with Gasteiger partial charge in [-0.1, -0.05) is 0 Å². The van der Waals surface area contributed by atoms with Gasteiger partial charge in [-0.05, 0) is 25.0 Å². The highest BCUT2D eigenvalue weighted by Gasteiger charge is 2.34. The quantitative estimate of drug-likeness (QED) is 0.802. The van der Waals surface area contributed by atoms with E-state index in [0.29, 0.717) is 0 Å². The Labute approximate surface area is 103 Å². The molecule has 6 heteroatoms. The smallest absolute Gasteiger partial charge is 0.305 e. The summed E-state index contributed by atoms with van der Waals surface area (Å²) in [6, 6.07) is 2.89. The molecule has 18 heavy (non-hydrogen) atoms. The predicted molar refractivity (Wildman–Crippen MR) is 60.5 cm³/mol. The van der Waals surface area contributed by atoms with Crippen molar-refractivity contribution in [1.82, 2.24) is 9.88 Å². The van der Waals surface area contributed by atoms with E-state index in [2.05, 4.69) is 4.98 Å². The third-order valence-electron chi connectivity index (χ3n) is 2.80. The fourth-order valence-electron chi connectivity index (χ4n) is 1.75. The van der Waals surface area contributed by atoms with Gasteiger partial charge in [-0.2, -0.15) is 4.39 Å². The summed E-state index contributed by atoms with van der Waals surface area (Å²) in [6.45, 7) is 0.104. The van der Waals surface area contributed by atoms with E-state index in [1.807, 2.05) is 0 Å². The topological polar surface area (TPSA) is 70.5 Å². The van der Waals surface area contributed by atoms with Crippen molar-refractivity contribution in [1.29, 1.82) is 0 Å². The lowest BCUT2D eigenvalue weighted by Gasteiger charge is -2.21. The molecule has 0 aliphatic heterocycles. The Morgan fingerprint density at radius 1 is 1.50 bits per heavy atom. The van der Waals surface area contributed by atoms with Gasteiger partial charge < -0.3 is 10.0 Å². The van der Waals surface area contributed by atoms with Gasteiger partial charge >= 0.3 is 5.97 Å². The first-order valence-electron chi connectivity index (χ1n) is 5.73. The second-order valence-corrected chi connectivity index (χ2v) is 4.22. The second-order valence-electron chi connectivity index (χ2n) is 4.22. The second kappa shape index (κ2) is 5.12. The zero-order valence-corrected chi connectivity index (χ0v) is 9.67. The molecule has 1 aliphatic carbocycles. The lowest BCUT2D eigenvalue weighted by Crippen LogP contribution is -2.35. The summed E-state index contributed by atoms with van der Waals surface area (Å²) in [5.41, 5.74) is -0.102. The number of hydrogen-bond acceptors (Lipinski definition) is 3. The minimum Gasteiger partial charge on any atom is -0.481 e. The maximum absolute atomic E-state index is 13.4. The Balaban J connectivity index is 2.13. The van der Waals surface area contributed by atoms with Crippen LogP contribution in [0.1, 0.15) is 29.6 Å². The van der Waals surface area contributed by atoms with E-state index in [1.54, 1.807) is 0 Å². The molecule has 2 rings (SSSR count). The van der Waals surface area contributed by atoms with Crippen molar-refractivity contribution in [3.63, 3.8) is 0 Å². The average Bonchev–Trinajstić information content (AvgIpc) is 3.13. The van der Waals surface area contributed by atoms with Crippen LogP contribution in [0.2, 0.25) is 0 Å². The number of carbonyl (C=O) groups is 2. The fourth-order valence-corrected chi connectivity index (χ4v) is 1.75. The van der Waals surface area contributed by atoms with Crippen LogP contribution in [-0.2, 0) is 4.79 Å². The third-order valence-corrected chi connectivity index (χ3v) is 2.80. The Morgan fingerprint density at radius 2 is 2.22 bits per heavy atom. The van der Waals surface area contributed by atoms with Crippen molar-refractivity contribution >= 4 is 11.9 Å². The Kier molecular flexibility index (Phi) is 3.55. The molecule has 0 unspecified atom stereocenters.